The van der Waals surface area contributed by atoms with Crippen LogP contribution in [0.2, 0.25) is 0 Å². The first-order chi connectivity index (χ1) is 16.1. The number of hydrogen-bond acceptors (Lipinski definition) is 0. The minimum absolute atomic E-state index is 0. The maximum atomic E-state index is 3.78. The molecule has 0 radical (unpaired) electrons. The van der Waals surface area contributed by atoms with Crippen LogP contribution in [0.4, 0.5) is 0 Å². The molecule has 0 aromatic rings. The van der Waals surface area contributed by atoms with E-state index in [1.54, 1.807) is 6.08 Å². The molecule has 0 saturated heterocycles. The van der Waals surface area contributed by atoms with Crippen LogP contribution in [0.3, 0.4) is 0 Å². The summed E-state index contributed by atoms with van der Waals surface area (Å²) in [5.74, 6) is 0. The van der Waals surface area contributed by atoms with E-state index in [4.69, 9.17) is 0 Å². The van der Waals surface area contributed by atoms with Crippen LogP contribution >= 0.6 is 0 Å². The summed E-state index contributed by atoms with van der Waals surface area (Å²) >= 11 is 0. The molecule has 0 nitrogen and oxygen atoms in total. The Hall–Kier alpha value is -0.561. The monoisotopic (exact) mass is 548 g/mol. The van der Waals surface area contributed by atoms with Gasteiger partial charge in [0.05, 0.1) is 0 Å². The molecule has 0 rings (SSSR count). The fourth-order valence-electron chi connectivity index (χ4n) is 1.98. The zero-order chi connectivity index (χ0) is 28.2. The summed E-state index contributed by atoms with van der Waals surface area (Å²) in [5.41, 5.74) is 7.91. The van der Waals surface area contributed by atoms with Crippen LogP contribution in [0.15, 0.2) is 96.2 Å². The summed E-state index contributed by atoms with van der Waals surface area (Å²) in [6.07, 6.45) is 21.1. The van der Waals surface area contributed by atoms with Gasteiger partial charge in [0.2, 0.25) is 0 Å². The zero-order valence-electron chi connectivity index (χ0n) is 26.6. The predicted molar refractivity (Wildman–Crippen MR) is 185 cm³/mol. The molecule has 0 aliphatic carbocycles. The molecule has 0 bridgehead atoms. The molecular weight excluding hydrogens is 493 g/mol. The Balaban J connectivity index is -0.0000000673. The van der Waals surface area contributed by atoms with Crippen LogP contribution in [0, 0.1) is 40.0 Å². The van der Waals surface area contributed by atoms with Gasteiger partial charge in [-0.05, 0) is 6.92 Å². The summed E-state index contributed by atoms with van der Waals surface area (Å²) in [7, 11) is 0. The summed E-state index contributed by atoms with van der Waals surface area (Å²) in [4.78, 5) is 0. The standard InChI is InChI=1S/3C10H16.C5H8.3Mg/c3*1-9(2)7-5-6-8-10(3)4;1-4-5(2)3;;;/h3*7-8H,1,3,5-6H2,2,4H3;4H,1-2H2,3H3;;;/q3*-2;;3*+2/b9-7-,10-8-;;;;;;. The first-order valence-electron chi connectivity index (χ1n) is 12.4. The first kappa shape index (κ1) is 53.7. The smallest absolute Gasteiger partial charge is 0.242 e. The summed E-state index contributed by atoms with van der Waals surface area (Å²) in [6.45, 7) is 43.7. The van der Waals surface area contributed by atoms with Crippen LogP contribution in [0.25, 0.3) is 0 Å². The normalized spacial score (nSPS) is 9.71. The van der Waals surface area contributed by atoms with Crippen molar-refractivity contribution >= 4 is 69.2 Å². The molecule has 0 atom stereocenters. The Morgan fingerprint density at radius 3 is 0.974 bits per heavy atom. The van der Waals surface area contributed by atoms with Crippen molar-refractivity contribution in [1.82, 2.24) is 0 Å². The zero-order valence-corrected chi connectivity index (χ0v) is 30.8. The van der Waals surface area contributed by atoms with Gasteiger partial charge in [0, 0.05) is 0 Å². The molecule has 0 spiro atoms. The molecule has 202 valence electrons. The predicted octanol–water partition coefficient (Wildman–Crippen LogP) is 10.6. The van der Waals surface area contributed by atoms with E-state index in [1.165, 1.54) is 0 Å². The Bertz CT molecular complexity index is 642. The molecule has 0 aliphatic rings. The molecule has 0 aliphatic heterocycles. The number of rotatable bonds is 13. The van der Waals surface area contributed by atoms with Crippen molar-refractivity contribution in [2.24, 2.45) is 0 Å². The minimum Gasteiger partial charge on any atom is -0.242 e. The minimum atomic E-state index is 0. The van der Waals surface area contributed by atoms with E-state index in [2.05, 4.69) is 91.2 Å². The molecule has 0 saturated carbocycles. The van der Waals surface area contributed by atoms with E-state index in [0.717, 1.165) is 77.5 Å². The molecule has 0 aromatic heterocycles. The fraction of sp³-hybridized carbons (Fsp3) is 0.371. The van der Waals surface area contributed by atoms with E-state index >= 15 is 0 Å². The van der Waals surface area contributed by atoms with Crippen molar-refractivity contribution in [2.75, 3.05) is 0 Å². The second-order valence-electron chi connectivity index (χ2n) is 9.09. The largest absolute Gasteiger partial charge is 2.00 e. The number of hydrogen-bond donors (Lipinski definition) is 0. The van der Waals surface area contributed by atoms with Gasteiger partial charge in [-0.3, -0.25) is 0 Å². The van der Waals surface area contributed by atoms with Crippen molar-refractivity contribution in [3.8, 4) is 0 Å². The third-order valence-corrected chi connectivity index (χ3v) is 3.81. The van der Waals surface area contributed by atoms with Crippen molar-refractivity contribution in [3.05, 3.63) is 136 Å². The fourth-order valence-corrected chi connectivity index (χ4v) is 1.98. The van der Waals surface area contributed by atoms with Crippen molar-refractivity contribution < 1.29 is 0 Å². The molecule has 0 fully saturated rings. The van der Waals surface area contributed by atoms with E-state index in [0.29, 0.717) is 0 Å². The molecule has 0 aromatic carbocycles. The molecule has 38 heavy (non-hydrogen) atoms. The number of unbranched alkanes of at least 4 members (excludes halogenated alkanes) is 3. The molecular formula is C35H56Mg3. The van der Waals surface area contributed by atoms with Crippen LogP contribution in [-0.2, 0) is 0 Å². The maximum Gasteiger partial charge on any atom is 2.00 e. The molecule has 0 heterocycles. The van der Waals surface area contributed by atoms with Gasteiger partial charge >= 0.3 is 69.2 Å². The first-order valence-corrected chi connectivity index (χ1v) is 12.4. The van der Waals surface area contributed by atoms with Crippen LogP contribution in [-0.4, -0.2) is 69.2 Å². The molecule has 3 heteroatoms. The van der Waals surface area contributed by atoms with Crippen molar-refractivity contribution in [3.63, 3.8) is 0 Å². The Morgan fingerprint density at radius 1 is 0.526 bits per heavy atom. The van der Waals surface area contributed by atoms with Crippen LogP contribution in [0.5, 0.6) is 0 Å². The molecule has 0 N–H and O–H groups in total. The summed E-state index contributed by atoms with van der Waals surface area (Å²) < 4.78 is 0. The van der Waals surface area contributed by atoms with Crippen LogP contribution in [0.1, 0.15) is 87.0 Å². The second-order valence-corrected chi connectivity index (χ2v) is 9.09. The Labute approximate surface area is 289 Å². The quantitative estimate of drug-likeness (QED) is 0.0928. The average molecular weight is 550 g/mol. The Morgan fingerprint density at radius 2 is 0.763 bits per heavy atom. The third-order valence-electron chi connectivity index (χ3n) is 3.81. The van der Waals surface area contributed by atoms with Crippen LogP contribution < -0.4 is 0 Å². The van der Waals surface area contributed by atoms with Gasteiger partial charge in [-0.25, -0.2) is 111 Å². The van der Waals surface area contributed by atoms with Gasteiger partial charge in [-0.2, -0.15) is 0 Å². The van der Waals surface area contributed by atoms with E-state index in [1.807, 2.05) is 48.5 Å². The SMILES string of the molecule is C=C(C)[CH-]CCC=C([CH2-])C.C=C(C)[CH-]CC[CH-]C(=C)C.C=CC(=C)C.[CH2-]/C(C)=C/CC/C=C(/[CH2-])C.[Mg+2].[Mg+2].[Mg+2]. The van der Waals surface area contributed by atoms with Gasteiger partial charge in [0.1, 0.15) is 0 Å². The van der Waals surface area contributed by atoms with Gasteiger partial charge in [-0.15, -0.1) is 38.5 Å². The average Bonchev–Trinajstić information content (AvgIpc) is 2.72. The topological polar surface area (TPSA) is 0 Å². The van der Waals surface area contributed by atoms with E-state index in [-0.39, 0.29) is 69.2 Å². The van der Waals surface area contributed by atoms with Gasteiger partial charge < -0.3 is 0 Å². The maximum absolute atomic E-state index is 3.78. The Kier molecular flexibility index (Phi) is 57.8. The summed E-state index contributed by atoms with van der Waals surface area (Å²) in [6, 6.07) is 0. The number of allylic oxidation sites excluding steroid dienone is 11. The second kappa shape index (κ2) is 40.9. The van der Waals surface area contributed by atoms with Crippen molar-refractivity contribution in [2.45, 2.75) is 87.0 Å². The third kappa shape index (κ3) is 83.5. The van der Waals surface area contributed by atoms with Crippen molar-refractivity contribution in [1.29, 1.82) is 0 Å². The summed E-state index contributed by atoms with van der Waals surface area (Å²) in [5, 5.41) is 0. The van der Waals surface area contributed by atoms with E-state index < -0.39 is 0 Å². The molecule has 0 amide bonds. The van der Waals surface area contributed by atoms with Gasteiger partial charge in [0.25, 0.3) is 0 Å². The van der Waals surface area contributed by atoms with Gasteiger partial charge in [-0.1, -0.05) is 66.3 Å². The van der Waals surface area contributed by atoms with E-state index in [9.17, 15) is 0 Å². The van der Waals surface area contributed by atoms with Gasteiger partial charge in [0.15, 0.2) is 0 Å². The molecule has 0 unspecified atom stereocenters.